The first-order valence-electron chi connectivity index (χ1n) is 7.14. The molecule has 5 heteroatoms. The van der Waals surface area contributed by atoms with Crippen LogP contribution >= 0.6 is 0 Å². The molecule has 4 rings (SSSR count). The predicted octanol–water partition coefficient (Wildman–Crippen LogP) is 1.81. The Kier molecular flexibility index (Phi) is 3.01. The van der Waals surface area contributed by atoms with Crippen LogP contribution in [0.2, 0.25) is 0 Å². The number of ether oxygens (including phenoxy) is 1. The van der Waals surface area contributed by atoms with E-state index in [0.29, 0.717) is 12.5 Å². The highest BCUT2D eigenvalue weighted by atomic mass is 16.5. The zero-order valence-electron chi connectivity index (χ0n) is 11.2. The van der Waals surface area contributed by atoms with Crippen LogP contribution in [-0.4, -0.2) is 29.9 Å². The van der Waals surface area contributed by atoms with E-state index in [1.165, 1.54) is 11.1 Å². The van der Waals surface area contributed by atoms with Crippen LogP contribution in [0, 0.1) is 0 Å². The highest BCUT2D eigenvalue weighted by Crippen LogP contribution is 2.29. The number of hydrogen-bond acceptors (Lipinski definition) is 5. The third-order valence-electron chi connectivity index (χ3n) is 4.11. The first-order valence-corrected chi connectivity index (χ1v) is 7.14. The Hall–Kier alpha value is -1.72. The second-order valence-corrected chi connectivity index (χ2v) is 5.39. The summed E-state index contributed by atoms with van der Waals surface area (Å²) in [6.07, 6.45) is 2.03. The molecule has 2 atom stereocenters. The lowest BCUT2D eigenvalue weighted by atomic mass is 9.94. The van der Waals surface area contributed by atoms with Gasteiger partial charge in [-0.2, -0.15) is 4.98 Å². The van der Waals surface area contributed by atoms with Crippen molar-refractivity contribution in [2.45, 2.75) is 24.8 Å². The van der Waals surface area contributed by atoms with E-state index in [9.17, 15) is 0 Å². The van der Waals surface area contributed by atoms with Gasteiger partial charge in [0.25, 0.3) is 0 Å². The van der Waals surface area contributed by atoms with Crippen LogP contribution in [0.3, 0.4) is 0 Å². The van der Waals surface area contributed by atoms with Gasteiger partial charge in [-0.1, -0.05) is 29.4 Å². The summed E-state index contributed by atoms with van der Waals surface area (Å²) in [4.78, 5) is 4.59. The Balaban J connectivity index is 1.65. The van der Waals surface area contributed by atoms with E-state index in [0.717, 1.165) is 31.8 Å². The third-order valence-corrected chi connectivity index (χ3v) is 4.11. The van der Waals surface area contributed by atoms with Crippen molar-refractivity contribution < 1.29 is 9.26 Å². The van der Waals surface area contributed by atoms with Crippen molar-refractivity contribution in [2.75, 3.05) is 19.8 Å². The standard InChI is InChI=1S/C15H17N3O2/c1-2-4-12-10(3-1)5-7-16-13(12)15-17-14(18-20-15)11-6-8-19-9-11/h1-4,11,13,16H,5-9H2. The second-order valence-electron chi connectivity index (χ2n) is 5.39. The van der Waals surface area contributed by atoms with Crippen LogP contribution in [0.4, 0.5) is 0 Å². The summed E-state index contributed by atoms with van der Waals surface area (Å²) in [7, 11) is 0. The molecule has 0 saturated carbocycles. The molecule has 20 heavy (non-hydrogen) atoms. The number of fused-ring (bicyclic) bond motifs is 1. The fourth-order valence-corrected chi connectivity index (χ4v) is 2.99. The highest BCUT2D eigenvalue weighted by molar-refractivity contribution is 5.35. The molecule has 0 amide bonds. The van der Waals surface area contributed by atoms with Crippen LogP contribution in [-0.2, 0) is 11.2 Å². The minimum atomic E-state index is 0.0171. The summed E-state index contributed by atoms with van der Waals surface area (Å²) in [5.74, 6) is 1.73. The molecule has 2 aliphatic rings. The molecule has 2 aliphatic heterocycles. The zero-order chi connectivity index (χ0) is 13.4. The van der Waals surface area contributed by atoms with Gasteiger partial charge in [0.1, 0.15) is 6.04 Å². The van der Waals surface area contributed by atoms with Crippen molar-refractivity contribution in [2.24, 2.45) is 0 Å². The average molecular weight is 271 g/mol. The Bertz CT molecular complexity index is 605. The fourth-order valence-electron chi connectivity index (χ4n) is 2.99. The monoisotopic (exact) mass is 271 g/mol. The van der Waals surface area contributed by atoms with Gasteiger partial charge in [-0.25, -0.2) is 0 Å². The van der Waals surface area contributed by atoms with E-state index in [-0.39, 0.29) is 12.0 Å². The fraction of sp³-hybridized carbons (Fsp3) is 0.467. The molecule has 104 valence electrons. The maximum Gasteiger partial charge on any atom is 0.248 e. The van der Waals surface area contributed by atoms with E-state index in [4.69, 9.17) is 9.26 Å². The number of benzene rings is 1. The van der Waals surface area contributed by atoms with Crippen molar-refractivity contribution in [3.8, 4) is 0 Å². The lowest BCUT2D eigenvalue weighted by Crippen LogP contribution is -2.30. The molecular weight excluding hydrogens is 254 g/mol. The lowest BCUT2D eigenvalue weighted by Gasteiger charge is -2.23. The molecule has 1 saturated heterocycles. The summed E-state index contributed by atoms with van der Waals surface area (Å²) >= 11 is 0. The Morgan fingerprint density at radius 1 is 1.25 bits per heavy atom. The average Bonchev–Trinajstić information content (AvgIpc) is 3.17. The number of hydrogen-bond donors (Lipinski definition) is 1. The normalized spacial score (nSPS) is 25.6. The van der Waals surface area contributed by atoms with Gasteiger partial charge < -0.3 is 14.6 Å². The van der Waals surface area contributed by atoms with Gasteiger partial charge in [-0.05, 0) is 24.0 Å². The molecule has 0 aliphatic carbocycles. The van der Waals surface area contributed by atoms with Crippen LogP contribution in [0.1, 0.15) is 41.2 Å². The van der Waals surface area contributed by atoms with Crippen molar-refractivity contribution in [1.82, 2.24) is 15.5 Å². The highest BCUT2D eigenvalue weighted by Gasteiger charge is 2.28. The van der Waals surface area contributed by atoms with Crippen LogP contribution in [0.25, 0.3) is 0 Å². The van der Waals surface area contributed by atoms with Gasteiger partial charge >= 0.3 is 0 Å². The van der Waals surface area contributed by atoms with Gasteiger partial charge in [0.05, 0.1) is 6.61 Å². The largest absolute Gasteiger partial charge is 0.381 e. The number of aromatic nitrogens is 2. The first kappa shape index (κ1) is 12.1. The molecular formula is C15H17N3O2. The quantitative estimate of drug-likeness (QED) is 0.902. The molecule has 3 heterocycles. The SMILES string of the molecule is c1ccc2c(c1)CCNC2c1nc(C2CCOC2)no1. The Morgan fingerprint density at radius 3 is 3.10 bits per heavy atom. The van der Waals surface area contributed by atoms with Crippen molar-refractivity contribution in [3.05, 3.63) is 47.1 Å². The summed E-state index contributed by atoms with van der Waals surface area (Å²) in [6, 6.07) is 8.46. The van der Waals surface area contributed by atoms with E-state index in [1.807, 2.05) is 0 Å². The Morgan fingerprint density at radius 2 is 2.20 bits per heavy atom. The smallest absolute Gasteiger partial charge is 0.248 e. The van der Waals surface area contributed by atoms with Crippen molar-refractivity contribution >= 4 is 0 Å². The van der Waals surface area contributed by atoms with Gasteiger partial charge in [0.15, 0.2) is 5.82 Å². The van der Waals surface area contributed by atoms with Crippen molar-refractivity contribution in [3.63, 3.8) is 0 Å². The number of nitrogens with zero attached hydrogens (tertiary/aromatic N) is 2. The summed E-state index contributed by atoms with van der Waals surface area (Å²) in [5.41, 5.74) is 2.61. The number of rotatable bonds is 2. The van der Waals surface area contributed by atoms with E-state index in [2.05, 4.69) is 39.7 Å². The minimum Gasteiger partial charge on any atom is -0.381 e. The maximum absolute atomic E-state index is 5.49. The van der Waals surface area contributed by atoms with Crippen LogP contribution in [0.5, 0.6) is 0 Å². The van der Waals surface area contributed by atoms with E-state index >= 15 is 0 Å². The molecule has 1 aromatic carbocycles. The molecule has 2 unspecified atom stereocenters. The van der Waals surface area contributed by atoms with Crippen LogP contribution < -0.4 is 5.32 Å². The molecule has 1 N–H and O–H groups in total. The molecule has 5 nitrogen and oxygen atoms in total. The van der Waals surface area contributed by atoms with E-state index in [1.54, 1.807) is 0 Å². The zero-order valence-corrected chi connectivity index (χ0v) is 11.2. The first-order chi connectivity index (χ1) is 9.92. The summed E-state index contributed by atoms with van der Waals surface area (Å²) < 4.78 is 10.9. The number of nitrogens with one attached hydrogen (secondary N) is 1. The summed E-state index contributed by atoms with van der Waals surface area (Å²) in [6.45, 7) is 2.43. The summed E-state index contributed by atoms with van der Waals surface area (Å²) in [5, 5.41) is 7.61. The van der Waals surface area contributed by atoms with Gasteiger partial charge in [-0.15, -0.1) is 0 Å². The van der Waals surface area contributed by atoms with E-state index < -0.39 is 0 Å². The van der Waals surface area contributed by atoms with Crippen molar-refractivity contribution in [1.29, 1.82) is 0 Å². The molecule has 0 radical (unpaired) electrons. The Labute approximate surface area is 117 Å². The lowest BCUT2D eigenvalue weighted by molar-refractivity contribution is 0.192. The van der Waals surface area contributed by atoms with Gasteiger partial charge in [0.2, 0.25) is 5.89 Å². The minimum absolute atomic E-state index is 0.0171. The molecule has 0 bridgehead atoms. The molecule has 0 spiro atoms. The van der Waals surface area contributed by atoms with Gasteiger partial charge in [-0.3, -0.25) is 0 Å². The molecule has 2 aromatic rings. The van der Waals surface area contributed by atoms with Gasteiger partial charge in [0, 0.05) is 19.1 Å². The third kappa shape index (κ3) is 2.03. The predicted molar refractivity (Wildman–Crippen MR) is 72.5 cm³/mol. The second kappa shape index (κ2) is 5.00. The molecule has 1 aromatic heterocycles. The maximum atomic E-state index is 5.49. The topological polar surface area (TPSA) is 60.2 Å². The molecule has 1 fully saturated rings. The van der Waals surface area contributed by atoms with Crippen LogP contribution in [0.15, 0.2) is 28.8 Å².